The minimum Gasteiger partial charge on any atom is -0.273 e. The van der Waals surface area contributed by atoms with Crippen molar-refractivity contribution in [3.63, 3.8) is 0 Å². The van der Waals surface area contributed by atoms with Crippen LogP contribution in [0, 0.1) is 0 Å². The zero-order valence-electron chi connectivity index (χ0n) is 4.70. The fraction of sp³-hybridized carbons (Fsp3) is 0.750. The molecule has 1 radical (unpaired) electrons. The van der Waals surface area contributed by atoms with Crippen molar-refractivity contribution in [2.24, 2.45) is 0 Å². The van der Waals surface area contributed by atoms with Crippen molar-refractivity contribution in [1.82, 2.24) is 5.32 Å². The third-order valence-corrected chi connectivity index (χ3v) is 0.554. The molecule has 9 heavy (non-hydrogen) atoms. The minimum absolute atomic E-state index is 0.209. The molecule has 2 nitrogen and oxygen atoms in total. The molecular weight excluding hydrogens is 135 g/mol. The summed E-state index contributed by atoms with van der Waals surface area (Å²) in [5.41, 5.74) is 0. The monoisotopic (exact) mass is 140 g/mol. The number of carbonyl (C=O) groups excluding carboxylic acids is 1. The molecule has 0 aromatic carbocycles. The molecule has 1 amide bonds. The van der Waals surface area contributed by atoms with Gasteiger partial charge in [0, 0.05) is 6.42 Å². The highest BCUT2D eigenvalue weighted by Gasteiger charge is 2.31. The number of hydrogen-bond donors (Lipinski definition) is 0. The summed E-state index contributed by atoms with van der Waals surface area (Å²) < 4.78 is 33.3. The summed E-state index contributed by atoms with van der Waals surface area (Å²) in [7, 11) is 0. The lowest BCUT2D eigenvalue weighted by atomic mass is 10.5. The minimum atomic E-state index is -4.70. The summed E-state index contributed by atoms with van der Waals surface area (Å²) in [6.07, 6.45) is -4.91. The van der Waals surface area contributed by atoms with Crippen molar-refractivity contribution < 1.29 is 18.0 Å². The van der Waals surface area contributed by atoms with Crippen molar-refractivity contribution in [2.75, 3.05) is 0 Å². The first-order valence-electron chi connectivity index (χ1n) is 2.28. The maximum absolute atomic E-state index is 11.1. The Labute approximate surface area is 50.0 Å². The van der Waals surface area contributed by atoms with Crippen LogP contribution in [0.2, 0.25) is 0 Å². The summed E-state index contributed by atoms with van der Waals surface area (Å²) in [5, 5.41) is 1.89. The van der Waals surface area contributed by atoms with Gasteiger partial charge in [-0.05, 0) is 0 Å². The van der Waals surface area contributed by atoms with Crippen LogP contribution in [0.5, 0.6) is 0 Å². The van der Waals surface area contributed by atoms with E-state index in [0.717, 1.165) is 0 Å². The average Bonchev–Trinajstić information content (AvgIpc) is 1.62. The van der Waals surface area contributed by atoms with Crippen molar-refractivity contribution in [3.05, 3.63) is 0 Å². The predicted molar refractivity (Wildman–Crippen MR) is 23.5 cm³/mol. The zero-order valence-corrected chi connectivity index (χ0v) is 4.70. The van der Waals surface area contributed by atoms with E-state index in [0.29, 0.717) is 0 Å². The zero-order chi connectivity index (χ0) is 7.49. The maximum Gasteiger partial charge on any atom is 0.506 e. The van der Waals surface area contributed by atoms with E-state index in [-0.39, 0.29) is 6.42 Å². The number of rotatable bonds is 1. The molecule has 0 rings (SSSR count). The lowest BCUT2D eigenvalue weighted by Crippen LogP contribution is -2.29. The number of hydrogen-bond acceptors (Lipinski definition) is 1. The maximum atomic E-state index is 11.1. The second-order valence-electron chi connectivity index (χ2n) is 1.33. The summed E-state index contributed by atoms with van der Waals surface area (Å²) in [4.78, 5) is 9.94. The Morgan fingerprint density at radius 2 is 2.00 bits per heavy atom. The highest BCUT2D eigenvalue weighted by atomic mass is 19.4. The molecule has 0 atom stereocenters. The number of nitrogens with zero attached hydrogens (tertiary/aromatic N) is 1. The first-order chi connectivity index (χ1) is 3.95. The van der Waals surface area contributed by atoms with Gasteiger partial charge in [0.25, 0.3) is 0 Å². The number of alkyl halides is 3. The van der Waals surface area contributed by atoms with Crippen LogP contribution in [0.25, 0.3) is 0 Å². The first kappa shape index (κ1) is 8.26. The largest absolute Gasteiger partial charge is 0.506 e. The quantitative estimate of drug-likeness (QED) is 0.501. The molecular formula is C4H5F3NO. The molecule has 0 unspecified atom stereocenters. The topological polar surface area (TPSA) is 31.2 Å². The second-order valence-corrected chi connectivity index (χ2v) is 1.33. The molecule has 0 saturated carbocycles. The Balaban J connectivity index is 3.60. The third kappa shape index (κ3) is 5.13. The van der Waals surface area contributed by atoms with E-state index in [1.807, 2.05) is 5.32 Å². The highest BCUT2D eigenvalue weighted by molar-refractivity contribution is 5.75. The molecule has 53 valence electrons. The smallest absolute Gasteiger partial charge is 0.273 e. The van der Waals surface area contributed by atoms with Gasteiger partial charge in [-0.15, -0.1) is 18.5 Å². The molecule has 0 saturated heterocycles. The van der Waals surface area contributed by atoms with Gasteiger partial charge in [-0.3, -0.25) is 4.79 Å². The van der Waals surface area contributed by atoms with Crippen LogP contribution < -0.4 is 5.32 Å². The van der Waals surface area contributed by atoms with E-state index >= 15 is 0 Å². The van der Waals surface area contributed by atoms with E-state index in [1.54, 1.807) is 0 Å². The fourth-order valence-corrected chi connectivity index (χ4v) is 0.220. The molecule has 0 spiro atoms. The molecule has 0 aliphatic rings. The fourth-order valence-electron chi connectivity index (χ4n) is 0.220. The van der Waals surface area contributed by atoms with Gasteiger partial charge in [0.1, 0.15) is 0 Å². The summed E-state index contributed by atoms with van der Waals surface area (Å²) in [6, 6.07) is 0. The van der Waals surface area contributed by atoms with E-state index in [9.17, 15) is 18.0 Å². The van der Waals surface area contributed by atoms with Crippen LogP contribution in [-0.2, 0) is 4.79 Å². The Bertz CT molecular complexity index is 109. The van der Waals surface area contributed by atoms with Crippen LogP contribution >= 0.6 is 0 Å². The van der Waals surface area contributed by atoms with Crippen molar-refractivity contribution in [3.8, 4) is 0 Å². The van der Waals surface area contributed by atoms with Crippen molar-refractivity contribution >= 4 is 5.91 Å². The van der Waals surface area contributed by atoms with Crippen molar-refractivity contribution in [1.29, 1.82) is 0 Å². The van der Waals surface area contributed by atoms with E-state index < -0.39 is 12.2 Å². The average molecular weight is 140 g/mol. The summed E-state index contributed by atoms with van der Waals surface area (Å²) >= 11 is 0. The predicted octanol–water partition coefficient (Wildman–Crippen LogP) is 1.05. The van der Waals surface area contributed by atoms with Gasteiger partial charge in [-0.1, -0.05) is 6.92 Å². The summed E-state index contributed by atoms with van der Waals surface area (Å²) in [5.74, 6) is -1.14. The molecule has 5 heteroatoms. The SMILES string of the molecule is CCC(=O)[N]C(F)(F)F. The lowest BCUT2D eigenvalue weighted by molar-refractivity contribution is -0.171. The molecule has 0 aliphatic heterocycles. The van der Waals surface area contributed by atoms with Crippen LogP contribution in [0.15, 0.2) is 0 Å². The molecule has 0 heterocycles. The van der Waals surface area contributed by atoms with Gasteiger partial charge in [0.2, 0.25) is 5.91 Å². The first-order valence-corrected chi connectivity index (χ1v) is 2.28. The van der Waals surface area contributed by atoms with Gasteiger partial charge in [-0.25, -0.2) is 0 Å². The second kappa shape index (κ2) is 2.70. The normalized spacial score (nSPS) is 11.1. The Hall–Kier alpha value is -0.740. The van der Waals surface area contributed by atoms with Gasteiger partial charge in [-0.2, -0.15) is 0 Å². The molecule has 0 bridgehead atoms. The van der Waals surface area contributed by atoms with Gasteiger partial charge in [0.05, 0.1) is 0 Å². The molecule has 0 aromatic rings. The standard InChI is InChI=1S/C4H5F3NO/c1-2-3(9)8-4(5,6)7/h2H2,1H3. The van der Waals surface area contributed by atoms with Gasteiger partial charge in [0.15, 0.2) is 0 Å². The Kier molecular flexibility index (Phi) is 2.48. The molecule has 0 fully saturated rings. The van der Waals surface area contributed by atoms with Crippen LogP contribution in [0.3, 0.4) is 0 Å². The molecule has 0 aliphatic carbocycles. The summed E-state index contributed by atoms with van der Waals surface area (Å²) in [6.45, 7) is 1.32. The van der Waals surface area contributed by atoms with Crippen LogP contribution in [-0.4, -0.2) is 12.2 Å². The number of carbonyl (C=O) groups is 1. The van der Waals surface area contributed by atoms with Crippen LogP contribution in [0.1, 0.15) is 13.3 Å². The third-order valence-electron chi connectivity index (χ3n) is 0.554. The molecule has 0 aromatic heterocycles. The van der Waals surface area contributed by atoms with Gasteiger partial charge < -0.3 is 0 Å². The van der Waals surface area contributed by atoms with E-state index in [4.69, 9.17) is 0 Å². The van der Waals surface area contributed by atoms with Gasteiger partial charge >= 0.3 is 6.30 Å². The number of halogens is 3. The van der Waals surface area contributed by atoms with E-state index in [2.05, 4.69) is 0 Å². The Morgan fingerprint density at radius 3 is 2.11 bits per heavy atom. The van der Waals surface area contributed by atoms with E-state index in [1.165, 1.54) is 6.92 Å². The van der Waals surface area contributed by atoms with Crippen LogP contribution in [0.4, 0.5) is 13.2 Å². The van der Waals surface area contributed by atoms with Crippen molar-refractivity contribution in [2.45, 2.75) is 19.6 Å². The Morgan fingerprint density at radius 1 is 1.56 bits per heavy atom. The lowest BCUT2D eigenvalue weighted by Gasteiger charge is -2.01. The number of amides is 1. The molecule has 0 N–H and O–H groups in total. The highest BCUT2D eigenvalue weighted by Crippen LogP contribution is 2.11.